The molecule has 0 amide bonds. The van der Waals surface area contributed by atoms with Gasteiger partial charge in [-0.2, -0.15) is 0 Å². The minimum absolute atomic E-state index is 0.00405. The van der Waals surface area contributed by atoms with Gasteiger partial charge in [-0.25, -0.2) is 0 Å². The fourth-order valence-corrected chi connectivity index (χ4v) is 0.900. The van der Waals surface area contributed by atoms with E-state index in [2.05, 4.69) is 24.2 Å². The van der Waals surface area contributed by atoms with Gasteiger partial charge < -0.3 is 0 Å². The molecule has 0 aromatic rings. The van der Waals surface area contributed by atoms with Crippen molar-refractivity contribution in [2.75, 3.05) is 6.54 Å². The molecule has 0 spiro atoms. The Labute approximate surface area is 50.0 Å². The second-order valence-corrected chi connectivity index (χ2v) is 2.76. The molecule has 0 unspecified atom stereocenters. The van der Waals surface area contributed by atoms with Crippen LogP contribution in [0.2, 0.25) is 0 Å². The molecule has 1 aliphatic rings. The molecule has 2 heteroatoms. The zero-order valence-electron chi connectivity index (χ0n) is 5.65. The molecule has 0 saturated carbocycles. The summed E-state index contributed by atoms with van der Waals surface area (Å²) in [7, 11) is 0. The first-order valence-corrected chi connectivity index (χ1v) is 2.90. The van der Waals surface area contributed by atoms with Crippen molar-refractivity contribution in [2.24, 2.45) is 4.99 Å². The summed E-state index contributed by atoms with van der Waals surface area (Å²) in [5.41, 5.74) is 1.21. The van der Waals surface area contributed by atoms with Gasteiger partial charge in [0, 0.05) is 12.3 Å². The van der Waals surface area contributed by atoms with Crippen LogP contribution in [0.4, 0.5) is 0 Å². The van der Waals surface area contributed by atoms with E-state index < -0.39 is 0 Å². The standard InChI is InChI=1S/C6H12N2/c1-5-4-7-6(2,3)8-5/h7H,4H2,1-3H3. The van der Waals surface area contributed by atoms with Gasteiger partial charge in [0.25, 0.3) is 0 Å². The van der Waals surface area contributed by atoms with Crippen LogP contribution in [-0.2, 0) is 0 Å². The van der Waals surface area contributed by atoms with Crippen molar-refractivity contribution in [1.82, 2.24) is 5.32 Å². The van der Waals surface area contributed by atoms with E-state index in [1.165, 1.54) is 5.71 Å². The smallest absolute Gasteiger partial charge is 0.105 e. The highest BCUT2D eigenvalue weighted by atomic mass is 15.2. The maximum absolute atomic E-state index is 4.33. The van der Waals surface area contributed by atoms with Gasteiger partial charge >= 0.3 is 0 Å². The number of nitrogens with one attached hydrogen (secondary N) is 1. The summed E-state index contributed by atoms with van der Waals surface area (Å²) in [6.45, 7) is 7.14. The van der Waals surface area contributed by atoms with Gasteiger partial charge in [0.15, 0.2) is 0 Å². The van der Waals surface area contributed by atoms with Crippen LogP contribution in [-0.4, -0.2) is 17.9 Å². The summed E-state index contributed by atoms with van der Waals surface area (Å²) in [5.74, 6) is 0. The first-order valence-electron chi connectivity index (χ1n) is 2.90. The van der Waals surface area contributed by atoms with E-state index in [0.717, 1.165) is 6.54 Å². The second kappa shape index (κ2) is 1.55. The van der Waals surface area contributed by atoms with Crippen LogP contribution in [0.15, 0.2) is 4.99 Å². The Bertz CT molecular complexity index is 124. The largest absolute Gasteiger partial charge is 0.288 e. The van der Waals surface area contributed by atoms with E-state index in [1.54, 1.807) is 0 Å². The maximum atomic E-state index is 4.33. The van der Waals surface area contributed by atoms with Crippen LogP contribution < -0.4 is 5.32 Å². The van der Waals surface area contributed by atoms with E-state index in [-0.39, 0.29) is 5.66 Å². The van der Waals surface area contributed by atoms with Crippen LogP contribution in [0.3, 0.4) is 0 Å². The number of rotatable bonds is 0. The van der Waals surface area contributed by atoms with Crippen molar-refractivity contribution in [1.29, 1.82) is 0 Å². The minimum Gasteiger partial charge on any atom is -0.288 e. The Morgan fingerprint density at radius 3 is 2.38 bits per heavy atom. The van der Waals surface area contributed by atoms with Gasteiger partial charge in [0.05, 0.1) is 0 Å². The van der Waals surface area contributed by atoms with Gasteiger partial charge in [-0.05, 0) is 20.8 Å². The molecule has 2 nitrogen and oxygen atoms in total. The maximum Gasteiger partial charge on any atom is 0.105 e. The van der Waals surface area contributed by atoms with Gasteiger partial charge in [-0.1, -0.05) is 0 Å². The number of hydrogen-bond acceptors (Lipinski definition) is 2. The lowest BCUT2D eigenvalue weighted by atomic mass is 10.3. The molecule has 0 atom stereocenters. The Kier molecular flexibility index (Phi) is 1.12. The van der Waals surface area contributed by atoms with Crippen molar-refractivity contribution in [3.8, 4) is 0 Å². The highest BCUT2D eigenvalue weighted by molar-refractivity contribution is 5.85. The second-order valence-electron chi connectivity index (χ2n) is 2.76. The van der Waals surface area contributed by atoms with Gasteiger partial charge in [0.2, 0.25) is 0 Å². The van der Waals surface area contributed by atoms with E-state index in [0.29, 0.717) is 0 Å². The molecule has 0 aromatic heterocycles. The number of hydrogen-bond donors (Lipinski definition) is 1. The summed E-state index contributed by atoms with van der Waals surface area (Å²) in [5, 5.41) is 3.24. The van der Waals surface area contributed by atoms with Gasteiger partial charge in [-0.3, -0.25) is 10.3 Å². The average molecular weight is 112 g/mol. The highest BCUT2D eigenvalue weighted by Gasteiger charge is 2.20. The number of nitrogens with zero attached hydrogens (tertiary/aromatic N) is 1. The first kappa shape index (κ1) is 5.76. The lowest BCUT2D eigenvalue weighted by Crippen LogP contribution is -2.32. The summed E-state index contributed by atoms with van der Waals surface area (Å²) in [4.78, 5) is 4.33. The fourth-order valence-electron chi connectivity index (χ4n) is 0.900. The van der Waals surface area contributed by atoms with Crippen LogP contribution >= 0.6 is 0 Å². The Morgan fingerprint density at radius 1 is 1.62 bits per heavy atom. The van der Waals surface area contributed by atoms with Crippen LogP contribution in [0.5, 0.6) is 0 Å². The predicted octanol–water partition coefficient (Wildman–Crippen LogP) is 0.787. The van der Waals surface area contributed by atoms with E-state index in [9.17, 15) is 0 Å². The van der Waals surface area contributed by atoms with Crippen molar-refractivity contribution >= 4 is 5.71 Å². The van der Waals surface area contributed by atoms with Crippen molar-refractivity contribution in [3.63, 3.8) is 0 Å². The Balaban J connectivity index is 2.67. The lowest BCUT2D eigenvalue weighted by molar-refractivity contribution is 0.462. The van der Waals surface area contributed by atoms with E-state index >= 15 is 0 Å². The van der Waals surface area contributed by atoms with Crippen LogP contribution in [0.1, 0.15) is 20.8 Å². The molecule has 1 N–H and O–H groups in total. The zero-order chi connectivity index (χ0) is 6.20. The molecule has 0 bridgehead atoms. The zero-order valence-corrected chi connectivity index (χ0v) is 5.65. The molecule has 1 aliphatic heterocycles. The Morgan fingerprint density at radius 2 is 2.25 bits per heavy atom. The number of aliphatic imine (C=N–C) groups is 1. The van der Waals surface area contributed by atoms with Crippen molar-refractivity contribution in [2.45, 2.75) is 26.4 Å². The molecule has 1 heterocycles. The topological polar surface area (TPSA) is 24.4 Å². The van der Waals surface area contributed by atoms with Gasteiger partial charge in [0.1, 0.15) is 5.66 Å². The molecule has 1 rings (SSSR count). The van der Waals surface area contributed by atoms with Gasteiger partial charge in [-0.15, -0.1) is 0 Å². The summed E-state index contributed by atoms with van der Waals surface area (Å²) in [6.07, 6.45) is 0. The summed E-state index contributed by atoms with van der Waals surface area (Å²) in [6, 6.07) is 0. The molecule has 0 fully saturated rings. The summed E-state index contributed by atoms with van der Waals surface area (Å²) >= 11 is 0. The van der Waals surface area contributed by atoms with Crippen molar-refractivity contribution < 1.29 is 0 Å². The fraction of sp³-hybridized carbons (Fsp3) is 0.833. The lowest BCUT2D eigenvalue weighted by Gasteiger charge is -2.12. The third-order valence-corrected chi connectivity index (χ3v) is 1.25. The molecule has 0 saturated heterocycles. The van der Waals surface area contributed by atoms with E-state index in [4.69, 9.17) is 0 Å². The normalized spacial score (nSPS) is 25.6. The molecule has 8 heavy (non-hydrogen) atoms. The monoisotopic (exact) mass is 112 g/mol. The average Bonchev–Trinajstić information content (AvgIpc) is 1.82. The SMILES string of the molecule is CC1=NC(C)(C)NC1. The quantitative estimate of drug-likeness (QED) is 0.492. The molecule has 0 radical (unpaired) electrons. The molecule has 46 valence electrons. The third kappa shape index (κ3) is 1.07. The molecule has 0 aromatic carbocycles. The minimum atomic E-state index is 0.00405. The molecular formula is C6H12N2. The molecule has 0 aliphatic carbocycles. The third-order valence-electron chi connectivity index (χ3n) is 1.25. The molecular weight excluding hydrogens is 100 g/mol. The van der Waals surface area contributed by atoms with Crippen LogP contribution in [0.25, 0.3) is 0 Å². The Hall–Kier alpha value is -0.370. The van der Waals surface area contributed by atoms with Crippen molar-refractivity contribution in [3.05, 3.63) is 0 Å². The van der Waals surface area contributed by atoms with Crippen LogP contribution in [0, 0.1) is 0 Å². The predicted molar refractivity (Wildman–Crippen MR) is 35.2 cm³/mol. The summed E-state index contributed by atoms with van der Waals surface area (Å²) < 4.78 is 0. The van der Waals surface area contributed by atoms with E-state index in [1.807, 2.05) is 6.92 Å². The first-order chi connectivity index (χ1) is 3.60. The highest BCUT2D eigenvalue weighted by Crippen LogP contribution is 2.08.